The van der Waals surface area contributed by atoms with Crippen LogP contribution in [0.25, 0.3) is 11.2 Å². The molecule has 0 radical (unpaired) electrons. The van der Waals surface area contributed by atoms with Gasteiger partial charge in [-0.2, -0.15) is 0 Å². The molecule has 2 unspecified atom stereocenters. The molecule has 2 atom stereocenters. The summed E-state index contributed by atoms with van der Waals surface area (Å²) in [6.07, 6.45) is -1.61. The Morgan fingerprint density at radius 3 is 2.58 bits per heavy atom. The number of amides is 1. The molecule has 1 fully saturated rings. The summed E-state index contributed by atoms with van der Waals surface area (Å²) in [7, 11) is 0. The first-order chi connectivity index (χ1) is 17.9. The number of hydrogen-bond donors (Lipinski definition) is 2. The highest BCUT2D eigenvalue weighted by Gasteiger charge is 2.61. The summed E-state index contributed by atoms with van der Waals surface area (Å²) in [6.45, 7) is 4.16. The van der Waals surface area contributed by atoms with E-state index in [0.717, 1.165) is 21.3 Å². The molecule has 202 valence electrons. The second kappa shape index (κ2) is 10.4. The molecule has 0 saturated heterocycles. The molecular weight excluding hydrogens is 674 g/mol. The number of carbonyl (C=O) groups excluding carboxylic acids is 1. The van der Waals surface area contributed by atoms with E-state index in [1.54, 1.807) is 11.8 Å². The van der Waals surface area contributed by atoms with Gasteiger partial charge < -0.3 is 10.6 Å². The van der Waals surface area contributed by atoms with Crippen molar-refractivity contribution in [1.82, 2.24) is 14.3 Å². The molecule has 0 bridgehead atoms. The molecule has 15 heteroatoms. The number of aromatic nitrogens is 3. The first-order valence-corrected chi connectivity index (χ1v) is 17.6. The van der Waals surface area contributed by atoms with Gasteiger partial charge in [-0.15, -0.1) is 23.5 Å². The number of halogens is 5. The summed E-state index contributed by atoms with van der Waals surface area (Å²) in [5, 5.41) is 6.63. The van der Waals surface area contributed by atoms with Crippen LogP contribution in [0.3, 0.4) is 0 Å². The number of thioether (sulfide) groups is 2. The van der Waals surface area contributed by atoms with Crippen LogP contribution in [0, 0.1) is 5.92 Å². The standard InChI is InChI=1S/C23H22F4IN6OPS2/c1-22(2)9-38-21(33-22)10-4-5-12(14(6-10)37-3)29-13-7-15(31-20(35)11-8-23(11,26)27)30-18-16(13)32-19(17(24)25)34(18)36-28/h4-7,11,17,36H,8-9H2,1-3H3,(H2,29,30,31,35). The number of alkyl halides is 4. The zero-order chi connectivity index (χ0) is 27.4. The van der Waals surface area contributed by atoms with Crippen LogP contribution in [-0.2, 0) is 4.79 Å². The Morgan fingerprint density at radius 1 is 1.26 bits per heavy atom. The summed E-state index contributed by atoms with van der Waals surface area (Å²) in [5.41, 5.74) is 2.16. The lowest BCUT2D eigenvalue weighted by Crippen LogP contribution is -2.18. The first kappa shape index (κ1) is 27.9. The van der Waals surface area contributed by atoms with E-state index >= 15 is 0 Å². The average Bonchev–Trinajstić information content (AvgIpc) is 3.16. The van der Waals surface area contributed by atoms with E-state index in [9.17, 15) is 22.4 Å². The van der Waals surface area contributed by atoms with E-state index in [2.05, 4.69) is 34.4 Å². The van der Waals surface area contributed by atoms with Crippen LogP contribution in [0.4, 0.5) is 34.8 Å². The van der Waals surface area contributed by atoms with Crippen molar-refractivity contribution in [2.24, 2.45) is 10.9 Å². The number of pyridine rings is 1. The van der Waals surface area contributed by atoms with Crippen molar-refractivity contribution in [3.63, 3.8) is 0 Å². The lowest BCUT2D eigenvalue weighted by Gasteiger charge is -2.14. The molecule has 3 heterocycles. The van der Waals surface area contributed by atoms with Gasteiger partial charge in [-0.25, -0.2) is 27.5 Å². The van der Waals surface area contributed by atoms with Gasteiger partial charge in [-0.1, -0.05) is 6.07 Å². The quantitative estimate of drug-likeness (QED) is 0.110. The van der Waals surface area contributed by atoms with Crippen molar-refractivity contribution in [3.8, 4) is 0 Å². The summed E-state index contributed by atoms with van der Waals surface area (Å²) in [5.74, 6) is -4.93. The van der Waals surface area contributed by atoms with Crippen molar-refractivity contribution in [2.75, 3.05) is 22.6 Å². The minimum atomic E-state index is -3.05. The van der Waals surface area contributed by atoms with Gasteiger partial charge in [0, 0.05) is 28.7 Å². The van der Waals surface area contributed by atoms with E-state index in [-0.39, 0.29) is 28.9 Å². The van der Waals surface area contributed by atoms with Crippen LogP contribution in [-0.4, -0.2) is 48.7 Å². The second-order valence-electron chi connectivity index (χ2n) is 9.48. The van der Waals surface area contributed by atoms with Gasteiger partial charge in [0.1, 0.15) is 17.3 Å². The van der Waals surface area contributed by atoms with Crippen molar-refractivity contribution in [3.05, 3.63) is 35.7 Å². The summed E-state index contributed by atoms with van der Waals surface area (Å²) in [6, 6.07) is 7.24. The number of carbonyl (C=O) groups is 1. The number of imidazole rings is 1. The first-order valence-electron chi connectivity index (χ1n) is 11.4. The average molecular weight is 696 g/mol. The van der Waals surface area contributed by atoms with Crippen molar-refractivity contribution in [1.29, 1.82) is 0 Å². The Bertz CT molecular complexity index is 1470. The molecular formula is C23H22F4IN6OPS2. The lowest BCUT2D eigenvalue weighted by atomic mass is 10.1. The number of benzene rings is 1. The molecule has 1 aliphatic carbocycles. The number of nitrogens with one attached hydrogen (secondary N) is 2. The third kappa shape index (κ3) is 5.50. The smallest absolute Gasteiger partial charge is 0.295 e. The van der Waals surface area contributed by atoms with Gasteiger partial charge >= 0.3 is 0 Å². The Balaban J connectivity index is 1.55. The number of rotatable bonds is 8. The zero-order valence-corrected chi connectivity index (χ0v) is 25.1. The molecule has 2 aliphatic rings. The SMILES string of the molecule is CSc1cc(C2=NC(C)(C)CS2)ccc1Nc1cc(NC(=O)C2CC2(F)F)nc2c1nc(C(F)F)n2PI. The van der Waals surface area contributed by atoms with E-state index < -0.39 is 36.4 Å². The zero-order valence-electron chi connectivity index (χ0n) is 20.3. The Kier molecular flexibility index (Phi) is 7.64. The van der Waals surface area contributed by atoms with E-state index in [1.165, 1.54) is 22.2 Å². The molecule has 2 aromatic heterocycles. The maximum atomic E-state index is 13.8. The highest BCUT2D eigenvalue weighted by molar-refractivity contribution is 14.2. The van der Waals surface area contributed by atoms with Crippen molar-refractivity contribution < 1.29 is 22.4 Å². The minimum Gasteiger partial charge on any atom is -0.353 e. The topological polar surface area (TPSA) is 84.2 Å². The normalized spacial score (nSPS) is 19.9. The van der Waals surface area contributed by atoms with E-state index in [4.69, 9.17) is 4.99 Å². The fourth-order valence-corrected chi connectivity index (χ4v) is 7.61. The predicted molar refractivity (Wildman–Crippen MR) is 156 cm³/mol. The summed E-state index contributed by atoms with van der Waals surface area (Å²) in [4.78, 5) is 26.5. The number of hydrogen-bond acceptors (Lipinski definition) is 7. The molecule has 1 aromatic carbocycles. The van der Waals surface area contributed by atoms with Gasteiger partial charge in [-0.3, -0.25) is 14.1 Å². The maximum Gasteiger partial charge on any atom is 0.295 e. The largest absolute Gasteiger partial charge is 0.353 e. The fraction of sp³-hybridized carbons (Fsp3) is 0.391. The van der Waals surface area contributed by atoms with Crippen LogP contribution in [0.15, 0.2) is 34.2 Å². The molecule has 5 rings (SSSR count). The third-order valence-corrected chi connectivity index (χ3v) is 10.3. The molecule has 1 saturated carbocycles. The molecule has 1 amide bonds. The van der Waals surface area contributed by atoms with Crippen molar-refractivity contribution in [2.45, 2.75) is 43.1 Å². The van der Waals surface area contributed by atoms with Crippen LogP contribution in [0.5, 0.6) is 0 Å². The van der Waals surface area contributed by atoms with Crippen LogP contribution in [0.2, 0.25) is 0 Å². The third-order valence-electron chi connectivity index (χ3n) is 6.00. The van der Waals surface area contributed by atoms with Gasteiger partial charge in [-0.05, 0) is 54.3 Å². The fourth-order valence-electron chi connectivity index (χ4n) is 3.97. The monoisotopic (exact) mass is 696 g/mol. The van der Waals surface area contributed by atoms with Gasteiger partial charge in [0.2, 0.25) is 5.91 Å². The molecule has 0 spiro atoms. The Labute approximate surface area is 239 Å². The number of aliphatic imine (C=N–C) groups is 1. The predicted octanol–water partition coefficient (Wildman–Crippen LogP) is 7.49. The Morgan fingerprint density at radius 2 is 2.00 bits per heavy atom. The number of fused-ring (bicyclic) bond motifs is 1. The highest BCUT2D eigenvalue weighted by Crippen LogP contribution is 2.49. The van der Waals surface area contributed by atoms with Crippen LogP contribution in [0.1, 0.15) is 38.1 Å². The maximum absolute atomic E-state index is 13.8. The summed E-state index contributed by atoms with van der Waals surface area (Å²) >= 11 is 5.13. The molecule has 7 nitrogen and oxygen atoms in total. The van der Waals surface area contributed by atoms with Gasteiger partial charge in [0.15, 0.2) is 11.5 Å². The minimum absolute atomic E-state index is 0.0226. The highest BCUT2D eigenvalue weighted by atomic mass is 127. The van der Waals surface area contributed by atoms with Crippen LogP contribution < -0.4 is 10.6 Å². The lowest BCUT2D eigenvalue weighted by molar-refractivity contribution is -0.119. The Hall–Kier alpha value is -1.64. The van der Waals surface area contributed by atoms with E-state index in [0.29, 0.717) is 11.4 Å². The summed E-state index contributed by atoms with van der Waals surface area (Å²) < 4.78 is 55.7. The molecule has 38 heavy (non-hydrogen) atoms. The van der Waals surface area contributed by atoms with Gasteiger partial charge in [0.25, 0.3) is 12.3 Å². The second-order valence-corrected chi connectivity index (χ2v) is 13.4. The molecule has 1 aliphatic heterocycles. The molecule has 2 N–H and O–H groups in total. The number of anilines is 3. The number of nitrogens with zero attached hydrogens (tertiary/aromatic N) is 4. The van der Waals surface area contributed by atoms with Crippen molar-refractivity contribution >= 4 is 91.2 Å². The molecule has 3 aromatic rings. The van der Waals surface area contributed by atoms with Gasteiger partial charge in [0.05, 0.1) is 28.3 Å². The van der Waals surface area contributed by atoms with Crippen LogP contribution >= 0.6 is 51.9 Å². The van der Waals surface area contributed by atoms with E-state index in [1.807, 2.05) is 46.5 Å².